The molecule has 9 rings (SSSR count). The van der Waals surface area contributed by atoms with Gasteiger partial charge in [0.15, 0.2) is 0 Å². The maximum Gasteiger partial charge on any atom is 0.105 e. The van der Waals surface area contributed by atoms with E-state index in [1.54, 1.807) is 0 Å². The van der Waals surface area contributed by atoms with Gasteiger partial charge in [-0.3, -0.25) is 0 Å². The molecule has 48 heavy (non-hydrogen) atoms. The Hall–Kier alpha value is -6.80. The molecule has 6 aromatic carbocycles. The maximum absolute atomic E-state index is 10.0. The first-order valence-electron chi connectivity index (χ1n) is 16.0. The standard InChI is InChI=1S/C44H26N4/c45-27-29-20-22-33(31-10-9-11-32(26-31)47-40-16-5-4-15-37(40)39-25-30(28-46)21-23-44(39)47)38(24-29)36-14-3-8-19-43(36)48-41-17-6-1-12-34(41)35-13-2-7-18-42(35)48/h1-6,8-17,19-26,39,44H/t39-,44?/m0/s1. The number of nitriles is 2. The second-order valence-electron chi connectivity index (χ2n) is 12.2. The van der Waals surface area contributed by atoms with Gasteiger partial charge in [0.2, 0.25) is 0 Å². The smallest absolute Gasteiger partial charge is 0.105 e. The van der Waals surface area contributed by atoms with Crippen molar-refractivity contribution in [3.63, 3.8) is 0 Å². The van der Waals surface area contributed by atoms with Crippen LogP contribution >= 0.6 is 0 Å². The van der Waals surface area contributed by atoms with Gasteiger partial charge in [-0.1, -0.05) is 91.0 Å². The van der Waals surface area contributed by atoms with Crippen molar-refractivity contribution in [1.82, 2.24) is 4.57 Å². The normalized spacial score (nSPS) is 16.1. The molecule has 1 aliphatic heterocycles. The zero-order valence-electron chi connectivity index (χ0n) is 25.8. The van der Waals surface area contributed by atoms with Crippen LogP contribution in [-0.4, -0.2) is 10.6 Å². The van der Waals surface area contributed by atoms with Gasteiger partial charge in [0.05, 0.1) is 34.9 Å². The first kappa shape index (κ1) is 27.5. The van der Waals surface area contributed by atoms with E-state index in [1.807, 2.05) is 24.3 Å². The zero-order chi connectivity index (χ0) is 32.2. The summed E-state index contributed by atoms with van der Waals surface area (Å²) in [6.45, 7) is 0. The average Bonchev–Trinajstić information content (AvgIpc) is 3.67. The van der Waals surface area contributed by atoms with Crippen LogP contribution in [0, 0.1) is 34.8 Å². The number of hydrogen-bond acceptors (Lipinski definition) is 3. The zero-order valence-corrected chi connectivity index (χ0v) is 25.8. The van der Waals surface area contributed by atoms with Gasteiger partial charge >= 0.3 is 0 Å². The molecule has 0 spiro atoms. The van der Waals surface area contributed by atoms with E-state index in [2.05, 4.69) is 155 Å². The molecule has 0 radical (unpaired) electrons. The van der Waals surface area contributed by atoms with Crippen LogP contribution in [-0.2, 0) is 0 Å². The highest BCUT2D eigenvalue weighted by Gasteiger charge is 2.38. The van der Waals surface area contributed by atoms with E-state index < -0.39 is 0 Å². The molecule has 2 heterocycles. The van der Waals surface area contributed by atoms with Crippen molar-refractivity contribution < 1.29 is 0 Å². The summed E-state index contributed by atoms with van der Waals surface area (Å²) in [5.41, 5.74) is 11.9. The number of rotatable bonds is 4. The second-order valence-corrected chi connectivity index (χ2v) is 12.2. The van der Waals surface area contributed by atoms with Crippen molar-refractivity contribution in [1.29, 1.82) is 10.5 Å². The first-order valence-corrected chi connectivity index (χ1v) is 16.0. The van der Waals surface area contributed by atoms with Gasteiger partial charge in [-0.15, -0.1) is 0 Å². The lowest BCUT2D eigenvalue weighted by atomic mass is 9.88. The van der Waals surface area contributed by atoms with Crippen LogP contribution in [0.2, 0.25) is 0 Å². The monoisotopic (exact) mass is 610 g/mol. The second kappa shape index (κ2) is 10.9. The van der Waals surface area contributed by atoms with E-state index in [1.165, 1.54) is 5.56 Å². The number of anilines is 2. The maximum atomic E-state index is 10.0. The molecule has 0 amide bonds. The van der Waals surface area contributed by atoms with Crippen LogP contribution in [0.1, 0.15) is 17.0 Å². The summed E-state index contributed by atoms with van der Waals surface area (Å²) in [6, 6.07) is 55.3. The van der Waals surface area contributed by atoms with Crippen LogP contribution in [0.25, 0.3) is 49.7 Å². The number of para-hydroxylation sites is 3. The Morgan fingerprint density at radius 1 is 0.667 bits per heavy atom. The van der Waals surface area contributed by atoms with Gasteiger partial charge in [0, 0.05) is 39.2 Å². The highest BCUT2D eigenvalue weighted by Crippen LogP contribution is 2.49. The predicted molar refractivity (Wildman–Crippen MR) is 192 cm³/mol. The SMILES string of the molecule is N#CC1=C[C@H]2c3ccccc3N(c3cccc(-c4ccc(C#N)cc4-c4ccccc4-n4c5c#cccc5c5ccccc54)c3)C2C=C1. The van der Waals surface area contributed by atoms with Crippen LogP contribution in [0.15, 0.2) is 151 Å². The van der Waals surface area contributed by atoms with Crippen molar-refractivity contribution in [2.24, 2.45) is 0 Å². The van der Waals surface area contributed by atoms with E-state index in [0.29, 0.717) is 11.1 Å². The lowest BCUT2D eigenvalue weighted by molar-refractivity contribution is 0.741. The van der Waals surface area contributed by atoms with E-state index in [9.17, 15) is 10.5 Å². The number of fused-ring (bicyclic) bond motifs is 6. The van der Waals surface area contributed by atoms with Crippen LogP contribution in [0.4, 0.5) is 11.4 Å². The summed E-state index contributed by atoms with van der Waals surface area (Å²) in [4.78, 5) is 2.38. The Kier molecular flexibility index (Phi) is 6.26. The molecule has 0 bridgehead atoms. The Labute approximate surface area is 279 Å². The number of benzene rings is 5. The summed E-state index contributed by atoms with van der Waals surface area (Å²) in [6.07, 6.45) is 6.18. The molecule has 4 heteroatoms. The quantitative estimate of drug-likeness (QED) is 0.199. The summed E-state index contributed by atoms with van der Waals surface area (Å²) in [5, 5.41) is 21.9. The molecule has 1 aliphatic carbocycles. The molecule has 4 nitrogen and oxygen atoms in total. The fourth-order valence-corrected chi connectivity index (χ4v) is 7.58. The summed E-state index contributed by atoms with van der Waals surface area (Å²) >= 11 is 0. The topological polar surface area (TPSA) is 55.8 Å². The van der Waals surface area contributed by atoms with Crippen molar-refractivity contribution in [3.05, 3.63) is 174 Å². The third-order valence-corrected chi connectivity index (χ3v) is 9.64. The summed E-state index contributed by atoms with van der Waals surface area (Å²) in [7, 11) is 0. The van der Waals surface area contributed by atoms with Crippen LogP contribution < -0.4 is 4.90 Å². The molecular formula is C44H26N4. The van der Waals surface area contributed by atoms with Gasteiger partial charge < -0.3 is 9.47 Å². The molecule has 1 aromatic heterocycles. The molecule has 0 saturated carbocycles. The molecular weight excluding hydrogens is 585 g/mol. The van der Waals surface area contributed by atoms with E-state index in [4.69, 9.17) is 0 Å². The number of nitrogens with zero attached hydrogens (tertiary/aromatic N) is 4. The fourth-order valence-electron chi connectivity index (χ4n) is 7.58. The van der Waals surface area contributed by atoms with E-state index in [-0.39, 0.29) is 12.0 Å². The summed E-state index contributed by atoms with van der Waals surface area (Å²) in [5.74, 6) is 0.0992. The van der Waals surface area contributed by atoms with Crippen molar-refractivity contribution in [3.8, 4) is 40.1 Å². The molecule has 1 unspecified atom stereocenters. The van der Waals surface area contributed by atoms with Gasteiger partial charge in [0.25, 0.3) is 0 Å². The Bertz CT molecular complexity index is 2520. The Balaban J connectivity index is 1.23. The third kappa shape index (κ3) is 4.16. The number of allylic oxidation sites excluding steroid dienone is 2. The van der Waals surface area contributed by atoms with Gasteiger partial charge in [-0.25, -0.2) is 0 Å². The Morgan fingerprint density at radius 2 is 1.50 bits per heavy atom. The van der Waals surface area contributed by atoms with E-state index in [0.717, 1.165) is 61.1 Å². The molecule has 2 atom stereocenters. The van der Waals surface area contributed by atoms with Gasteiger partial charge in [-0.05, 0) is 89.0 Å². The highest BCUT2D eigenvalue weighted by molar-refractivity contribution is 6.09. The average molecular weight is 611 g/mol. The van der Waals surface area contributed by atoms with Gasteiger partial charge in [0.1, 0.15) is 5.52 Å². The van der Waals surface area contributed by atoms with Gasteiger partial charge in [-0.2, -0.15) is 10.5 Å². The lowest BCUT2D eigenvalue weighted by Gasteiger charge is -2.29. The third-order valence-electron chi connectivity index (χ3n) is 9.64. The molecule has 222 valence electrons. The minimum atomic E-state index is 0.0688. The highest BCUT2D eigenvalue weighted by atomic mass is 15.2. The Morgan fingerprint density at radius 3 is 2.40 bits per heavy atom. The number of aromatic nitrogens is 1. The minimum Gasteiger partial charge on any atom is -0.333 e. The van der Waals surface area contributed by atoms with Crippen LogP contribution in [0.5, 0.6) is 0 Å². The van der Waals surface area contributed by atoms with Crippen molar-refractivity contribution >= 4 is 33.2 Å². The molecule has 0 fully saturated rings. The van der Waals surface area contributed by atoms with Crippen LogP contribution in [0.3, 0.4) is 0 Å². The van der Waals surface area contributed by atoms with E-state index >= 15 is 0 Å². The first-order chi connectivity index (χ1) is 23.7. The molecule has 0 N–H and O–H groups in total. The largest absolute Gasteiger partial charge is 0.333 e. The minimum absolute atomic E-state index is 0.0688. The number of hydrogen-bond donors (Lipinski definition) is 0. The fraction of sp³-hybridized carbons (Fsp3) is 0.0455. The van der Waals surface area contributed by atoms with Crippen molar-refractivity contribution in [2.45, 2.75) is 12.0 Å². The molecule has 2 aliphatic rings. The predicted octanol–water partition coefficient (Wildman–Crippen LogP) is 10.2. The lowest BCUT2D eigenvalue weighted by Crippen LogP contribution is -2.29. The molecule has 7 aromatic rings. The summed E-state index contributed by atoms with van der Waals surface area (Å²) < 4.78 is 2.26. The molecule has 0 saturated heterocycles. The van der Waals surface area contributed by atoms with Crippen molar-refractivity contribution in [2.75, 3.05) is 4.90 Å².